The molecule has 1 rings (SSSR count). The van der Waals surface area contributed by atoms with Crippen molar-refractivity contribution < 1.29 is 4.79 Å². The van der Waals surface area contributed by atoms with E-state index in [2.05, 4.69) is 0 Å². The van der Waals surface area contributed by atoms with Gasteiger partial charge in [0.05, 0.1) is 6.04 Å². The highest BCUT2D eigenvalue weighted by atomic mass is 35.5. The van der Waals surface area contributed by atoms with Crippen LogP contribution in [0.25, 0.3) is 0 Å². The van der Waals surface area contributed by atoms with Gasteiger partial charge < -0.3 is 10.6 Å². The summed E-state index contributed by atoms with van der Waals surface area (Å²) < 4.78 is 0. The summed E-state index contributed by atoms with van der Waals surface area (Å²) >= 11 is 5.80. The fourth-order valence-corrected chi connectivity index (χ4v) is 1.79. The van der Waals surface area contributed by atoms with Crippen LogP contribution in [-0.4, -0.2) is 23.9 Å². The second kappa shape index (κ2) is 8.35. The quantitative estimate of drug-likeness (QED) is 0.906. The first-order valence-electron chi connectivity index (χ1n) is 5.79. The number of amides is 1. The van der Waals surface area contributed by atoms with Gasteiger partial charge >= 0.3 is 0 Å². The third kappa shape index (κ3) is 5.25. The molecule has 0 bridgehead atoms. The van der Waals surface area contributed by atoms with Crippen LogP contribution >= 0.6 is 24.0 Å². The fourth-order valence-electron chi connectivity index (χ4n) is 1.66. The molecule has 0 aliphatic rings. The summed E-state index contributed by atoms with van der Waals surface area (Å²) in [6.07, 6.45) is 1.64. The van der Waals surface area contributed by atoms with Crippen LogP contribution in [0.5, 0.6) is 0 Å². The second-order valence-corrected chi connectivity index (χ2v) is 4.65. The zero-order valence-electron chi connectivity index (χ0n) is 10.7. The average Bonchev–Trinajstić information content (AvgIpc) is 2.31. The lowest BCUT2D eigenvalue weighted by Crippen LogP contribution is -2.41. The number of hydrogen-bond acceptors (Lipinski definition) is 2. The number of carbonyl (C=O) groups is 1. The van der Waals surface area contributed by atoms with E-state index in [9.17, 15) is 4.79 Å². The highest BCUT2D eigenvalue weighted by Crippen LogP contribution is 2.11. The van der Waals surface area contributed by atoms with E-state index in [1.54, 1.807) is 11.9 Å². The number of halogens is 2. The average molecular weight is 291 g/mol. The van der Waals surface area contributed by atoms with Gasteiger partial charge in [0.1, 0.15) is 0 Å². The van der Waals surface area contributed by atoms with Crippen molar-refractivity contribution in [3.8, 4) is 0 Å². The molecule has 0 heterocycles. The minimum absolute atomic E-state index is 0. The summed E-state index contributed by atoms with van der Waals surface area (Å²) in [7, 11) is 1.77. The Labute approximate surface area is 120 Å². The predicted molar refractivity (Wildman–Crippen MR) is 78.1 cm³/mol. The smallest absolute Gasteiger partial charge is 0.239 e. The number of hydrogen-bond donors (Lipinski definition) is 1. The van der Waals surface area contributed by atoms with E-state index >= 15 is 0 Å². The molecule has 1 amide bonds. The van der Waals surface area contributed by atoms with E-state index in [4.69, 9.17) is 17.3 Å². The van der Waals surface area contributed by atoms with Gasteiger partial charge in [0.25, 0.3) is 0 Å². The lowest BCUT2D eigenvalue weighted by atomic mass is 10.1. The molecule has 5 heteroatoms. The lowest BCUT2D eigenvalue weighted by molar-refractivity contribution is -0.131. The number of carbonyl (C=O) groups excluding carboxylic acids is 1. The molecule has 3 nitrogen and oxygen atoms in total. The molecule has 0 aromatic heterocycles. The van der Waals surface area contributed by atoms with E-state index in [-0.39, 0.29) is 18.3 Å². The van der Waals surface area contributed by atoms with E-state index < -0.39 is 6.04 Å². The highest BCUT2D eigenvalue weighted by molar-refractivity contribution is 6.30. The molecule has 1 atom stereocenters. The van der Waals surface area contributed by atoms with Crippen LogP contribution in [0, 0.1) is 0 Å². The van der Waals surface area contributed by atoms with E-state index in [1.807, 2.05) is 31.2 Å². The van der Waals surface area contributed by atoms with Gasteiger partial charge in [-0.3, -0.25) is 4.79 Å². The van der Waals surface area contributed by atoms with E-state index in [0.29, 0.717) is 11.6 Å². The minimum Gasteiger partial charge on any atom is -0.340 e. The maximum absolute atomic E-state index is 11.9. The van der Waals surface area contributed by atoms with Crippen molar-refractivity contribution in [2.24, 2.45) is 5.73 Å². The minimum atomic E-state index is -0.391. The van der Waals surface area contributed by atoms with Crippen molar-refractivity contribution >= 4 is 29.9 Å². The van der Waals surface area contributed by atoms with Crippen LogP contribution < -0.4 is 5.73 Å². The summed E-state index contributed by atoms with van der Waals surface area (Å²) in [6.45, 7) is 2.58. The van der Waals surface area contributed by atoms with Crippen molar-refractivity contribution in [1.29, 1.82) is 0 Å². The molecule has 2 N–H and O–H groups in total. The summed E-state index contributed by atoms with van der Waals surface area (Å²) in [5, 5.41) is 0.699. The first-order chi connectivity index (χ1) is 8.04. The van der Waals surface area contributed by atoms with E-state index in [0.717, 1.165) is 18.4 Å². The number of nitrogens with two attached hydrogens (primary N) is 1. The summed E-state index contributed by atoms with van der Waals surface area (Å²) in [4.78, 5) is 13.5. The molecule has 0 aliphatic heterocycles. The largest absolute Gasteiger partial charge is 0.340 e. The number of rotatable bonds is 5. The molecule has 1 aromatic carbocycles. The molecule has 18 heavy (non-hydrogen) atoms. The third-order valence-electron chi connectivity index (χ3n) is 2.63. The molecular formula is C13H20Cl2N2O. The maximum atomic E-state index is 11.9. The summed E-state index contributed by atoms with van der Waals surface area (Å²) in [5.74, 6) is -0.0122. The Hall–Kier alpha value is -0.770. The number of nitrogens with zero attached hydrogens (tertiary/aromatic N) is 1. The van der Waals surface area contributed by atoms with Crippen molar-refractivity contribution in [1.82, 2.24) is 4.90 Å². The first kappa shape index (κ1) is 17.2. The molecule has 1 unspecified atom stereocenters. The zero-order valence-corrected chi connectivity index (χ0v) is 12.3. The second-order valence-electron chi connectivity index (χ2n) is 4.22. The van der Waals surface area contributed by atoms with Gasteiger partial charge in [-0.15, -0.1) is 12.4 Å². The van der Waals surface area contributed by atoms with Crippen LogP contribution in [0.2, 0.25) is 5.02 Å². The van der Waals surface area contributed by atoms with E-state index in [1.165, 1.54) is 0 Å². The van der Waals surface area contributed by atoms with Crippen LogP contribution in [-0.2, 0) is 11.3 Å². The molecule has 0 saturated carbocycles. The summed E-state index contributed by atoms with van der Waals surface area (Å²) in [6, 6.07) is 7.08. The highest BCUT2D eigenvalue weighted by Gasteiger charge is 2.16. The number of likely N-dealkylation sites (N-methyl/N-ethyl adjacent to an activating group) is 1. The Morgan fingerprint density at radius 3 is 2.44 bits per heavy atom. The van der Waals surface area contributed by atoms with Gasteiger partial charge in [0.15, 0.2) is 0 Å². The van der Waals surface area contributed by atoms with Gasteiger partial charge in [0.2, 0.25) is 5.91 Å². The molecule has 102 valence electrons. The van der Waals surface area contributed by atoms with Crippen LogP contribution in [0.1, 0.15) is 25.3 Å². The Bertz CT molecular complexity index is 368. The van der Waals surface area contributed by atoms with Crippen LogP contribution in [0.4, 0.5) is 0 Å². The SMILES string of the molecule is CCCC(N)C(=O)N(C)Cc1ccc(Cl)cc1.Cl. The van der Waals surface area contributed by atoms with Crippen LogP contribution in [0.3, 0.4) is 0 Å². The zero-order chi connectivity index (χ0) is 12.8. The predicted octanol–water partition coefficient (Wildman–Crippen LogP) is 2.85. The molecule has 0 radical (unpaired) electrons. The molecule has 0 saturated heterocycles. The molecular weight excluding hydrogens is 271 g/mol. The lowest BCUT2D eigenvalue weighted by Gasteiger charge is -2.21. The molecule has 0 fully saturated rings. The fraction of sp³-hybridized carbons (Fsp3) is 0.462. The number of benzene rings is 1. The maximum Gasteiger partial charge on any atom is 0.239 e. The Morgan fingerprint density at radius 1 is 1.39 bits per heavy atom. The summed E-state index contributed by atoms with van der Waals surface area (Å²) in [5.41, 5.74) is 6.84. The van der Waals surface area contributed by atoms with Crippen molar-refractivity contribution in [2.45, 2.75) is 32.4 Å². The first-order valence-corrected chi connectivity index (χ1v) is 6.17. The van der Waals surface area contributed by atoms with Gasteiger partial charge in [-0.1, -0.05) is 37.1 Å². The van der Waals surface area contributed by atoms with Crippen molar-refractivity contribution in [3.63, 3.8) is 0 Å². The standard InChI is InChI=1S/C13H19ClN2O.ClH/c1-3-4-12(15)13(17)16(2)9-10-5-7-11(14)8-6-10;/h5-8,12H,3-4,9,15H2,1-2H3;1H. The molecule has 0 aliphatic carbocycles. The van der Waals surface area contributed by atoms with Gasteiger partial charge in [-0.05, 0) is 24.1 Å². The van der Waals surface area contributed by atoms with Crippen molar-refractivity contribution in [3.05, 3.63) is 34.9 Å². The molecule has 1 aromatic rings. The molecule has 0 spiro atoms. The third-order valence-corrected chi connectivity index (χ3v) is 2.88. The van der Waals surface area contributed by atoms with Crippen molar-refractivity contribution in [2.75, 3.05) is 7.05 Å². The van der Waals surface area contributed by atoms with Gasteiger partial charge in [-0.25, -0.2) is 0 Å². The topological polar surface area (TPSA) is 46.3 Å². The van der Waals surface area contributed by atoms with Gasteiger partial charge in [-0.2, -0.15) is 0 Å². The van der Waals surface area contributed by atoms with Gasteiger partial charge in [0, 0.05) is 18.6 Å². The Balaban J connectivity index is 0.00000289. The Kier molecular flexibility index (Phi) is 8.00. The monoisotopic (exact) mass is 290 g/mol. The normalized spacial score (nSPS) is 11.6. The van der Waals surface area contributed by atoms with Crippen LogP contribution in [0.15, 0.2) is 24.3 Å². The Morgan fingerprint density at radius 2 is 1.94 bits per heavy atom.